The summed E-state index contributed by atoms with van der Waals surface area (Å²) in [7, 11) is 0. The summed E-state index contributed by atoms with van der Waals surface area (Å²) in [5.41, 5.74) is 0.729. The Morgan fingerprint density at radius 1 is 0.900 bits per heavy atom. The van der Waals surface area contributed by atoms with Crippen LogP contribution in [0.5, 0.6) is 11.5 Å². The number of morpholine rings is 1. The predicted molar refractivity (Wildman–Crippen MR) is 154 cm³/mol. The van der Waals surface area contributed by atoms with E-state index in [9.17, 15) is 9.59 Å². The number of anilines is 2. The lowest BCUT2D eigenvalue weighted by molar-refractivity contribution is 0.122. The summed E-state index contributed by atoms with van der Waals surface area (Å²) in [6, 6.07) is 10.8. The summed E-state index contributed by atoms with van der Waals surface area (Å²) >= 11 is 0. The van der Waals surface area contributed by atoms with Gasteiger partial charge in [0.05, 0.1) is 42.8 Å². The predicted octanol–water partition coefficient (Wildman–Crippen LogP) is 3.11. The minimum Gasteiger partial charge on any atom is -0.490 e. The average molecular weight is 547 g/mol. The fourth-order valence-corrected chi connectivity index (χ4v) is 5.63. The molecule has 1 N–H and O–H groups in total. The lowest BCUT2D eigenvalue weighted by Gasteiger charge is -2.35. The van der Waals surface area contributed by atoms with Gasteiger partial charge in [-0.1, -0.05) is 12.1 Å². The van der Waals surface area contributed by atoms with Gasteiger partial charge in [0.2, 0.25) is 5.95 Å². The number of nitrogens with one attached hydrogen (secondary N) is 1. The van der Waals surface area contributed by atoms with Crippen LogP contribution in [-0.4, -0.2) is 72.1 Å². The van der Waals surface area contributed by atoms with Crippen molar-refractivity contribution in [3.05, 3.63) is 57.2 Å². The van der Waals surface area contributed by atoms with Gasteiger partial charge < -0.3 is 29.0 Å². The molecule has 0 aliphatic carbocycles. The number of ether oxygens (including phenoxy) is 3. The third-order valence-electron chi connectivity index (χ3n) is 7.59. The number of rotatable bonds is 7. The molecular formula is C29H34N6O5. The van der Waals surface area contributed by atoms with Crippen molar-refractivity contribution in [2.75, 3.05) is 62.4 Å². The zero-order chi connectivity index (χ0) is 27.6. The van der Waals surface area contributed by atoms with Gasteiger partial charge in [0.15, 0.2) is 11.5 Å². The number of H-pyrrole nitrogens is 1. The quantitative estimate of drug-likeness (QED) is 0.373. The molecule has 0 unspecified atom stereocenters. The number of fused-ring (bicyclic) bond motifs is 2. The minimum atomic E-state index is -0.367. The number of nitrogens with zero attached hydrogens (tertiary/aromatic N) is 5. The summed E-state index contributed by atoms with van der Waals surface area (Å²) in [6.07, 6.45) is 1.27. The molecule has 0 amide bonds. The van der Waals surface area contributed by atoms with Gasteiger partial charge >= 0.3 is 5.69 Å². The zero-order valence-corrected chi connectivity index (χ0v) is 22.9. The molecule has 0 bridgehead atoms. The second-order valence-corrected chi connectivity index (χ2v) is 10.00. The standard InChI is InChI=1S/C29H34N6O5/c1-3-39-24-17-21-23(18-25(24)40-4-2)30-28(34-13-15-38-16-14-34)32-26(21)33-11-9-19(10-12-33)35-27(36)20-7-5-6-8-22(20)31-29(35)37/h5-8,17-19H,3-4,9-16H2,1-2H3,(H,31,37). The highest BCUT2D eigenvalue weighted by Gasteiger charge is 2.27. The van der Waals surface area contributed by atoms with Crippen LogP contribution in [0.4, 0.5) is 11.8 Å². The second-order valence-electron chi connectivity index (χ2n) is 10.00. The minimum absolute atomic E-state index is 0.201. The van der Waals surface area contributed by atoms with Crippen molar-refractivity contribution in [1.29, 1.82) is 0 Å². The van der Waals surface area contributed by atoms with E-state index in [1.54, 1.807) is 12.1 Å². The monoisotopic (exact) mass is 546 g/mol. The molecule has 0 radical (unpaired) electrons. The molecule has 4 aromatic rings. The zero-order valence-electron chi connectivity index (χ0n) is 22.9. The SMILES string of the molecule is CCOc1cc2nc(N3CCOCC3)nc(N3CCC(n4c(=O)[nH]c5ccccc5c4=O)CC3)c2cc1OCC. The summed E-state index contributed by atoms with van der Waals surface area (Å²) in [5.74, 6) is 2.78. The molecule has 11 nitrogen and oxygen atoms in total. The summed E-state index contributed by atoms with van der Waals surface area (Å²) < 4.78 is 18.7. The van der Waals surface area contributed by atoms with E-state index < -0.39 is 0 Å². The Kier molecular flexibility index (Phi) is 7.29. The summed E-state index contributed by atoms with van der Waals surface area (Å²) in [6.45, 7) is 8.88. The molecule has 2 aromatic carbocycles. The highest BCUT2D eigenvalue weighted by Crippen LogP contribution is 2.38. The molecule has 0 atom stereocenters. The highest BCUT2D eigenvalue weighted by atomic mass is 16.5. The first kappa shape index (κ1) is 26.1. The molecule has 6 rings (SSSR count). The smallest absolute Gasteiger partial charge is 0.329 e. The van der Waals surface area contributed by atoms with E-state index in [1.807, 2.05) is 38.1 Å². The molecule has 11 heteroatoms. The van der Waals surface area contributed by atoms with Gasteiger partial charge in [-0.2, -0.15) is 4.98 Å². The van der Waals surface area contributed by atoms with Crippen molar-refractivity contribution in [2.45, 2.75) is 32.7 Å². The van der Waals surface area contributed by atoms with E-state index in [1.165, 1.54) is 4.57 Å². The Labute approximate surface area is 231 Å². The van der Waals surface area contributed by atoms with Crippen molar-refractivity contribution in [3.8, 4) is 11.5 Å². The Hall–Kier alpha value is -4.12. The van der Waals surface area contributed by atoms with E-state index in [-0.39, 0.29) is 17.3 Å². The second kappa shape index (κ2) is 11.2. The van der Waals surface area contributed by atoms with E-state index >= 15 is 0 Å². The number of benzene rings is 2. The lowest BCUT2D eigenvalue weighted by atomic mass is 10.0. The first-order valence-corrected chi connectivity index (χ1v) is 14.0. The third-order valence-corrected chi connectivity index (χ3v) is 7.59. The molecule has 40 heavy (non-hydrogen) atoms. The molecule has 2 aliphatic rings. The van der Waals surface area contributed by atoms with Gasteiger partial charge in [-0.05, 0) is 44.9 Å². The number of para-hydroxylation sites is 1. The third kappa shape index (κ3) is 4.85. The van der Waals surface area contributed by atoms with Gasteiger partial charge in [0, 0.05) is 43.7 Å². The van der Waals surface area contributed by atoms with Gasteiger partial charge in [-0.3, -0.25) is 9.36 Å². The summed E-state index contributed by atoms with van der Waals surface area (Å²) in [4.78, 5) is 43.4. The number of aromatic nitrogens is 4. The maximum Gasteiger partial charge on any atom is 0.329 e. The molecule has 210 valence electrons. The van der Waals surface area contributed by atoms with Crippen LogP contribution < -0.4 is 30.5 Å². The van der Waals surface area contributed by atoms with Crippen LogP contribution in [0.1, 0.15) is 32.7 Å². The summed E-state index contributed by atoms with van der Waals surface area (Å²) in [5, 5.41) is 1.40. The Balaban J connectivity index is 1.37. The Morgan fingerprint density at radius 3 is 2.33 bits per heavy atom. The van der Waals surface area contributed by atoms with Crippen molar-refractivity contribution in [1.82, 2.24) is 19.5 Å². The molecule has 0 spiro atoms. The lowest BCUT2D eigenvalue weighted by Crippen LogP contribution is -2.44. The number of aromatic amines is 1. The fraction of sp³-hybridized carbons (Fsp3) is 0.448. The van der Waals surface area contributed by atoms with Crippen LogP contribution in [0.15, 0.2) is 46.0 Å². The molecule has 4 heterocycles. The first-order valence-electron chi connectivity index (χ1n) is 14.0. The van der Waals surface area contributed by atoms with Crippen LogP contribution in [-0.2, 0) is 4.74 Å². The van der Waals surface area contributed by atoms with Crippen LogP contribution in [0.25, 0.3) is 21.8 Å². The molecule has 2 aromatic heterocycles. The average Bonchev–Trinajstić information content (AvgIpc) is 2.98. The number of piperidine rings is 1. The molecule has 2 aliphatic heterocycles. The molecule has 2 saturated heterocycles. The highest BCUT2D eigenvalue weighted by molar-refractivity contribution is 5.93. The normalized spacial score (nSPS) is 16.6. The Bertz CT molecular complexity index is 1640. The van der Waals surface area contributed by atoms with E-state index in [4.69, 9.17) is 24.2 Å². The van der Waals surface area contributed by atoms with Crippen LogP contribution >= 0.6 is 0 Å². The van der Waals surface area contributed by atoms with E-state index in [0.29, 0.717) is 80.7 Å². The Morgan fingerprint density at radius 2 is 1.60 bits per heavy atom. The van der Waals surface area contributed by atoms with Gasteiger partial charge in [0.1, 0.15) is 5.82 Å². The van der Waals surface area contributed by atoms with Gasteiger partial charge in [-0.25, -0.2) is 9.78 Å². The first-order chi connectivity index (χ1) is 19.6. The van der Waals surface area contributed by atoms with E-state index in [0.717, 1.165) is 29.8 Å². The van der Waals surface area contributed by atoms with Crippen LogP contribution in [0, 0.1) is 0 Å². The molecule has 2 fully saturated rings. The fourth-order valence-electron chi connectivity index (χ4n) is 5.63. The van der Waals surface area contributed by atoms with E-state index in [2.05, 4.69) is 14.8 Å². The van der Waals surface area contributed by atoms with Gasteiger partial charge in [0.25, 0.3) is 5.56 Å². The van der Waals surface area contributed by atoms with Crippen molar-refractivity contribution >= 4 is 33.6 Å². The van der Waals surface area contributed by atoms with Gasteiger partial charge in [-0.15, -0.1) is 0 Å². The maximum atomic E-state index is 13.2. The topological polar surface area (TPSA) is 115 Å². The number of hydrogen-bond acceptors (Lipinski definition) is 9. The van der Waals surface area contributed by atoms with Crippen LogP contribution in [0.2, 0.25) is 0 Å². The van der Waals surface area contributed by atoms with Crippen LogP contribution in [0.3, 0.4) is 0 Å². The molecular weight excluding hydrogens is 512 g/mol. The van der Waals surface area contributed by atoms with Crippen molar-refractivity contribution in [2.24, 2.45) is 0 Å². The van der Waals surface area contributed by atoms with Crippen molar-refractivity contribution < 1.29 is 14.2 Å². The van der Waals surface area contributed by atoms with Crippen molar-refractivity contribution in [3.63, 3.8) is 0 Å². The molecule has 0 saturated carbocycles. The largest absolute Gasteiger partial charge is 0.490 e. The maximum absolute atomic E-state index is 13.2. The number of hydrogen-bond donors (Lipinski definition) is 1.